The third kappa shape index (κ3) is 2.97. The highest BCUT2D eigenvalue weighted by Crippen LogP contribution is 2.44. The standard InChI is InChI=1S/C20H24O6/c1-6-10(2)18(22)25-15-9-20(5)16(21)8-13(26-20)11(3)7-14-17(15)12(4)19(23)24-14/h6,8,11,14-15,17H,4,7,9H2,1-3,5H3/b10-6+/t11-,14-,15-,17-,20+/m0/s1. The maximum atomic E-state index is 12.5. The minimum Gasteiger partial charge on any atom is -0.483 e. The molecule has 0 aromatic rings. The summed E-state index contributed by atoms with van der Waals surface area (Å²) in [6.45, 7) is 10.9. The van der Waals surface area contributed by atoms with Crippen LogP contribution in [0.1, 0.15) is 40.5 Å². The van der Waals surface area contributed by atoms with Crippen LogP contribution in [-0.4, -0.2) is 35.5 Å². The lowest BCUT2D eigenvalue weighted by Gasteiger charge is -2.31. The van der Waals surface area contributed by atoms with Crippen molar-refractivity contribution < 1.29 is 28.6 Å². The molecule has 3 aliphatic heterocycles. The topological polar surface area (TPSA) is 78.9 Å². The Kier molecular flexibility index (Phi) is 4.54. The Morgan fingerprint density at radius 1 is 1.42 bits per heavy atom. The number of fused-ring (bicyclic) bond motifs is 3. The van der Waals surface area contributed by atoms with Crippen LogP contribution in [0, 0.1) is 11.8 Å². The molecule has 0 aromatic heterocycles. The zero-order chi connectivity index (χ0) is 19.2. The number of hydrogen-bond acceptors (Lipinski definition) is 6. The van der Waals surface area contributed by atoms with Gasteiger partial charge in [0.15, 0.2) is 5.60 Å². The number of carbonyl (C=O) groups excluding carboxylic acids is 3. The summed E-state index contributed by atoms with van der Waals surface area (Å²) in [5.41, 5.74) is -0.395. The maximum Gasteiger partial charge on any atom is 0.334 e. The number of ketones is 1. The Hall–Kier alpha value is -2.37. The number of ether oxygens (including phenoxy) is 3. The first-order valence-corrected chi connectivity index (χ1v) is 8.85. The molecular weight excluding hydrogens is 336 g/mol. The van der Waals surface area contributed by atoms with E-state index in [0.717, 1.165) is 0 Å². The van der Waals surface area contributed by atoms with Gasteiger partial charge >= 0.3 is 11.9 Å². The molecular formula is C20H24O6. The molecule has 6 heteroatoms. The van der Waals surface area contributed by atoms with Gasteiger partial charge in [-0.25, -0.2) is 9.59 Å². The maximum absolute atomic E-state index is 12.5. The Morgan fingerprint density at radius 3 is 2.77 bits per heavy atom. The van der Waals surface area contributed by atoms with Gasteiger partial charge in [-0.3, -0.25) is 4.79 Å². The van der Waals surface area contributed by atoms with Crippen molar-refractivity contribution in [3.05, 3.63) is 35.6 Å². The second kappa shape index (κ2) is 6.41. The SMILES string of the molecule is C=C1C(=O)O[C@H]2C[C@H](C)C3=CC(=O)[C@@](C)(C[C@H](OC(=O)/C(C)=C/C)[C@@H]12)O3. The summed E-state index contributed by atoms with van der Waals surface area (Å²) in [6.07, 6.45) is 2.57. The third-order valence-corrected chi connectivity index (χ3v) is 5.54. The Bertz CT molecular complexity index is 745. The molecule has 0 aromatic carbocycles. The van der Waals surface area contributed by atoms with Crippen LogP contribution in [0.25, 0.3) is 0 Å². The molecule has 6 nitrogen and oxygen atoms in total. The molecule has 26 heavy (non-hydrogen) atoms. The quantitative estimate of drug-likeness (QED) is 0.556. The lowest BCUT2D eigenvalue weighted by atomic mass is 9.80. The minimum atomic E-state index is -1.13. The highest BCUT2D eigenvalue weighted by molar-refractivity contribution is 5.99. The summed E-state index contributed by atoms with van der Waals surface area (Å²) >= 11 is 0. The van der Waals surface area contributed by atoms with Crippen LogP contribution >= 0.6 is 0 Å². The molecule has 0 N–H and O–H groups in total. The monoisotopic (exact) mass is 360 g/mol. The summed E-state index contributed by atoms with van der Waals surface area (Å²) in [7, 11) is 0. The fourth-order valence-electron chi connectivity index (χ4n) is 3.75. The van der Waals surface area contributed by atoms with Gasteiger partial charge in [-0.15, -0.1) is 0 Å². The van der Waals surface area contributed by atoms with Gasteiger partial charge in [0, 0.05) is 29.6 Å². The zero-order valence-electron chi connectivity index (χ0n) is 15.5. The van der Waals surface area contributed by atoms with Gasteiger partial charge < -0.3 is 14.2 Å². The zero-order valence-corrected chi connectivity index (χ0v) is 15.5. The third-order valence-electron chi connectivity index (χ3n) is 5.54. The molecule has 0 saturated carbocycles. The number of hydrogen-bond donors (Lipinski definition) is 0. The van der Waals surface area contributed by atoms with Crippen molar-refractivity contribution in [3.63, 3.8) is 0 Å². The van der Waals surface area contributed by atoms with Crippen LogP contribution in [0.4, 0.5) is 0 Å². The van der Waals surface area contributed by atoms with E-state index in [4.69, 9.17) is 14.2 Å². The summed E-state index contributed by atoms with van der Waals surface area (Å²) in [4.78, 5) is 37.0. The largest absolute Gasteiger partial charge is 0.483 e. The molecule has 3 rings (SSSR count). The van der Waals surface area contributed by atoms with Gasteiger partial charge in [-0.05, 0) is 27.2 Å². The number of allylic oxidation sites excluding steroid dienone is 2. The van der Waals surface area contributed by atoms with Gasteiger partial charge in [0.25, 0.3) is 0 Å². The van der Waals surface area contributed by atoms with Crippen LogP contribution in [0.5, 0.6) is 0 Å². The van der Waals surface area contributed by atoms with Crippen molar-refractivity contribution in [2.75, 3.05) is 0 Å². The molecule has 140 valence electrons. The lowest BCUT2D eigenvalue weighted by molar-refractivity contribution is -0.153. The predicted molar refractivity (Wildman–Crippen MR) is 92.8 cm³/mol. The van der Waals surface area contributed by atoms with Gasteiger partial charge in [0.1, 0.15) is 18.0 Å². The molecule has 0 amide bonds. The summed E-state index contributed by atoms with van der Waals surface area (Å²) in [5, 5.41) is 0. The first-order chi connectivity index (χ1) is 12.2. The van der Waals surface area contributed by atoms with Gasteiger partial charge in [-0.2, -0.15) is 0 Å². The first-order valence-electron chi connectivity index (χ1n) is 8.85. The van der Waals surface area contributed by atoms with E-state index < -0.39 is 35.7 Å². The molecule has 0 unspecified atom stereocenters. The predicted octanol–water partition coefficient (Wildman–Crippen LogP) is 2.63. The molecule has 0 spiro atoms. The van der Waals surface area contributed by atoms with Crippen molar-refractivity contribution >= 4 is 17.7 Å². The van der Waals surface area contributed by atoms with Crippen molar-refractivity contribution in [1.29, 1.82) is 0 Å². The molecule has 0 aliphatic carbocycles. The van der Waals surface area contributed by atoms with E-state index in [9.17, 15) is 14.4 Å². The van der Waals surface area contributed by atoms with Crippen LogP contribution in [0.15, 0.2) is 35.6 Å². The van der Waals surface area contributed by atoms with E-state index in [0.29, 0.717) is 17.8 Å². The van der Waals surface area contributed by atoms with E-state index in [2.05, 4.69) is 6.58 Å². The highest BCUT2D eigenvalue weighted by atomic mass is 16.6. The number of esters is 2. The van der Waals surface area contributed by atoms with E-state index in [1.807, 2.05) is 6.92 Å². The second-order valence-corrected chi connectivity index (χ2v) is 7.49. The van der Waals surface area contributed by atoms with Crippen LogP contribution in [-0.2, 0) is 28.6 Å². The van der Waals surface area contributed by atoms with Gasteiger partial charge in [0.2, 0.25) is 5.78 Å². The van der Waals surface area contributed by atoms with Crippen molar-refractivity contribution in [1.82, 2.24) is 0 Å². The molecule has 3 aliphatic rings. The summed E-state index contributed by atoms with van der Waals surface area (Å²) in [6, 6.07) is 0. The molecule has 5 atom stereocenters. The van der Waals surface area contributed by atoms with E-state index >= 15 is 0 Å². The number of carbonyl (C=O) groups is 3. The Balaban J connectivity index is 2.00. The smallest absolute Gasteiger partial charge is 0.334 e. The molecule has 2 fully saturated rings. The van der Waals surface area contributed by atoms with E-state index in [-0.39, 0.29) is 23.7 Å². The van der Waals surface area contributed by atoms with Gasteiger partial charge in [0.05, 0.1) is 5.92 Å². The van der Waals surface area contributed by atoms with E-state index in [1.165, 1.54) is 6.08 Å². The van der Waals surface area contributed by atoms with Crippen LogP contribution < -0.4 is 0 Å². The van der Waals surface area contributed by atoms with Gasteiger partial charge in [-0.1, -0.05) is 19.6 Å². The molecule has 2 bridgehead atoms. The Labute approximate surface area is 152 Å². The van der Waals surface area contributed by atoms with Crippen molar-refractivity contribution in [3.8, 4) is 0 Å². The average molecular weight is 360 g/mol. The fraction of sp³-hybridized carbons (Fsp3) is 0.550. The summed E-state index contributed by atoms with van der Waals surface area (Å²) in [5.74, 6) is -1.13. The molecule has 0 radical (unpaired) electrons. The number of rotatable bonds is 2. The lowest BCUT2D eigenvalue weighted by Crippen LogP contribution is -2.43. The minimum absolute atomic E-state index is 0.0984. The normalized spacial score (nSPS) is 37.0. The molecule has 2 saturated heterocycles. The fourth-order valence-corrected chi connectivity index (χ4v) is 3.75. The van der Waals surface area contributed by atoms with Crippen LogP contribution in [0.2, 0.25) is 0 Å². The summed E-state index contributed by atoms with van der Waals surface area (Å²) < 4.78 is 17.2. The van der Waals surface area contributed by atoms with Crippen molar-refractivity contribution in [2.45, 2.75) is 58.3 Å². The van der Waals surface area contributed by atoms with Crippen molar-refractivity contribution in [2.24, 2.45) is 11.8 Å². The van der Waals surface area contributed by atoms with E-state index in [1.54, 1.807) is 26.8 Å². The highest BCUT2D eigenvalue weighted by Gasteiger charge is 2.53. The second-order valence-electron chi connectivity index (χ2n) is 7.49. The Morgan fingerprint density at radius 2 is 2.12 bits per heavy atom. The first kappa shape index (κ1) is 18.4. The van der Waals surface area contributed by atoms with Crippen LogP contribution in [0.3, 0.4) is 0 Å². The average Bonchev–Trinajstić information content (AvgIpc) is 3.03. The molecule has 3 heterocycles.